The van der Waals surface area contributed by atoms with Gasteiger partial charge in [0.15, 0.2) is 5.78 Å². The molecule has 0 unspecified atom stereocenters. The van der Waals surface area contributed by atoms with Crippen LogP contribution in [0.25, 0.3) is 0 Å². The van der Waals surface area contributed by atoms with Crippen LogP contribution in [0.5, 0.6) is 0 Å². The number of aromatic nitrogens is 2. The highest BCUT2D eigenvalue weighted by molar-refractivity contribution is 7.12. The van der Waals surface area contributed by atoms with Gasteiger partial charge >= 0.3 is 6.03 Å². The fraction of sp³-hybridized carbons (Fsp3) is 0.500. The molecule has 3 rings (SSSR count). The van der Waals surface area contributed by atoms with Crippen LogP contribution in [0.3, 0.4) is 0 Å². The van der Waals surface area contributed by atoms with Crippen molar-refractivity contribution in [1.82, 2.24) is 24.9 Å². The summed E-state index contributed by atoms with van der Waals surface area (Å²) >= 11 is 1.51. The highest BCUT2D eigenvalue weighted by atomic mass is 32.1. The first kappa shape index (κ1) is 18.6. The average molecular weight is 375 g/mol. The minimum Gasteiger partial charge on any atom is -0.332 e. The molecule has 7 nitrogen and oxygen atoms in total. The van der Waals surface area contributed by atoms with Crippen LogP contribution in [-0.4, -0.2) is 52.0 Å². The highest BCUT2D eigenvalue weighted by Crippen LogP contribution is 2.20. The van der Waals surface area contributed by atoms with Gasteiger partial charge in [-0.15, -0.1) is 11.3 Å². The molecular weight excluding hydrogens is 350 g/mol. The number of carbonyl (C=O) groups is 2. The predicted molar refractivity (Wildman–Crippen MR) is 101 cm³/mol. The van der Waals surface area contributed by atoms with Crippen molar-refractivity contribution in [1.29, 1.82) is 0 Å². The van der Waals surface area contributed by atoms with Crippen LogP contribution in [0.2, 0.25) is 0 Å². The summed E-state index contributed by atoms with van der Waals surface area (Å²) in [6, 6.07) is 3.95. The van der Waals surface area contributed by atoms with Crippen molar-refractivity contribution in [2.75, 3.05) is 20.6 Å². The molecule has 2 aromatic rings. The Morgan fingerprint density at radius 1 is 1.31 bits per heavy atom. The highest BCUT2D eigenvalue weighted by Gasteiger charge is 2.18. The average Bonchev–Trinajstić information content (AvgIpc) is 3.16. The molecule has 2 aromatic heterocycles. The fourth-order valence-corrected chi connectivity index (χ4v) is 3.84. The third kappa shape index (κ3) is 4.50. The maximum atomic E-state index is 11.7. The molecule has 0 fully saturated rings. The number of rotatable bonds is 5. The lowest BCUT2D eigenvalue weighted by Crippen LogP contribution is -2.34. The molecule has 0 atom stereocenters. The van der Waals surface area contributed by atoms with E-state index in [1.165, 1.54) is 27.5 Å². The Hall–Kier alpha value is -2.19. The first-order valence-corrected chi connectivity index (χ1v) is 9.62. The van der Waals surface area contributed by atoms with E-state index in [1.54, 1.807) is 21.0 Å². The first-order valence-electron chi connectivity index (χ1n) is 8.74. The second kappa shape index (κ2) is 8.01. The predicted octanol–water partition coefficient (Wildman–Crippen LogP) is 2.32. The Morgan fingerprint density at radius 3 is 2.81 bits per heavy atom. The second-order valence-electron chi connectivity index (χ2n) is 6.84. The van der Waals surface area contributed by atoms with Crippen LogP contribution in [0.1, 0.15) is 40.0 Å². The van der Waals surface area contributed by atoms with E-state index in [-0.39, 0.29) is 11.8 Å². The summed E-state index contributed by atoms with van der Waals surface area (Å²) in [5, 5.41) is 9.55. The molecule has 1 aliphatic rings. The molecule has 2 amide bonds. The van der Waals surface area contributed by atoms with E-state index >= 15 is 0 Å². The molecule has 0 saturated heterocycles. The fourth-order valence-electron chi connectivity index (χ4n) is 3.04. The number of hydrogen-bond donors (Lipinski definition) is 1. The number of thiophene rings is 1. The standard InChI is InChI=1S/C18H25N5O2S/c1-13(24)17-7-14(12-26-17)10-22-5-4-6-23-16(11-22)8-15(20-23)9-19-18(25)21(2)3/h7-8,12H,4-6,9-11H2,1-3H3,(H,19,25). The molecule has 140 valence electrons. The summed E-state index contributed by atoms with van der Waals surface area (Å²) in [5.74, 6) is 0.125. The monoisotopic (exact) mass is 375 g/mol. The van der Waals surface area contributed by atoms with Gasteiger partial charge in [0.1, 0.15) is 0 Å². The molecule has 0 radical (unpaired) electrons. The van der Waals surface area contributed by atoms with Gasteiger partial charge in [-0.25, -0.2) is 4.79 Å². The van der Waals surface area contributed by atoms with Crippen molar-refractivity contribution in [2.45, 2.75) is 39.5 Å². The van der Waals surface area contributed by atoms with Gasteiger partial charge in [-0.05, 0) is 36.4 Å². The Morgan fingerprint density at radius 2 is 2.12 bits per heavy atom. The van der Waals surface area contributed by atoms with E-state index < -0.39 is 0 Å². The minimum absolute atomic E-state index is 0.117. The summed E-state index contributed by atoms with van der Waals surface area (Å²) in [7, 11) is 3.44. The molecule has 0 aliphatic carbocycles. The number of ketones is 1. The van der Waals surface area contributed by atoms with E-state index in [2.05, 4.69) is 26.8 Å². The number of fused-ring (bicyclic) bond motifs is 1. The van der Waals surface area contributed by atoms with Gasteiger partial charge in [0, 0.05) is 40.3 Å². The second-order valence-corrected chi connectivity index (χ2v) is 7.75. The van der Waals surface area contributed by atoms with Gasteiger partial charge in [-0.2, -0.15) is 5.10 Å². The van der Waals surface area contributed by atoms with Crippen LogP contribution in [0.4, 0.5) is 4.79 Å². The number of nitrogens with zero attached hydrogens (tertiary/aromatic N) is 4. The lowest BCUT2D eigenvalue weighted by atomic mass is 10.2. The van der Waals surface area contributed by atoms with Crippen molar-refractivity contribution in [2.24, 2.45) is 0 Å². The summed E-state index contributed by atoms with van der Waals surface area (Å²) in [6.45, 7) is 5.58. The Labute approximate surface area is 157 Å². The van der Waals surface area contributed by atoms with E-state index in [0.717, 1.165) is 43.2 Å². The van der Waals surface area contributed by atoms with E-state index in [1.807, 2.05) is 10.7 Å². The lowest BCUT2D eigenvalue weighted by molar-refractivity contribution is 0.102. The van der Waals surface area contributed by atoms with E-state index in [4.69, 9.17) is 0 Å². The van der Waals surface area contributed by atoms with Gasteiger partial charge in [-0.3, -0.25) is 14.4 Å². The Kier molecular flexibility index (Phi) is 5.73. The number of nitrogens with one attached hydrogen (secondary N) is 1. The van der Waals surface area contributed by atoms with Gasteiger partial charge in [0.05, 0.1) is 22.8 Å². The molecule has 0 saturated carbocycles. The number of amides is 2. The quantitative estimate of drug-likeness (QED) is 0.815. The van der Waals surface area contributed by atoms with Crippen LogP contribution in [0.15, 0.2) is 17.5 Å². The molecule has 0 bridgehead atoms. The summed E-state index contributed by atoms with van der Waals surface area (Å²) in [6.07, 6.45) is 1.03. The van der Waals surface area contributed by atoms with Crippen LogP contribution < -0.4 is 5.32 Å². The minimum atomic E-state index is -0.117. The third-order valence-electron chi connectivity index (χ3n) is 4.38. The van der Waals surface area contributed by atoms with Crippen LogP contribution in [0, 0.1) is 0 Å². The zero-order chi connectivity index (χ0) is 18.7. The lowest BCUT2D eigenvalue weighted by Gasteiger charge is -2.18. The third-order valence-corrected chi connectivity index (χ3v) is 5.46. The van der Waals surface area contributed by atoms with Crippen molar-refractivity contribution in [3.8, 4) is 0 Å². The molecular formula is C18H25N5O2S. The summed E-state index contributed by atoms with van der Waals surface area (Å²) in [4.78, 5) is 27.9. The largest absolute Gasteiger partial charge is 0.332 e. The number of aryl methyl sites for hydroxylation is 1. The molecule has 1 aliphatic heterocycles. The summed E-state index contributed by atoms with van der Waals surface area (Å²) in [5.41, 5.74) is 3.23. The Balaban J connectivity index is 1.63. The van der Waals surface area contributed by atoms with Crippen molar-refractivity contribution in [3.05, 3.63) is 39.3 Å². The van der Waals surface area contributed by atoms with Gasteiger partial charge in [0.2, 0.25) is 0 Å². The molecule has 1 N–H and O–H groups in total. The molecule has 8 heteroatoms. The van der Waals surface area contributed by atoms with Gasteiger partial charge in [0.25, 0.3) is 0 Å². The number of carbonyl (C=O) groups excluding carboxylic acids is 2. The van der Waals surface area contributed by atoms with Gasteiger partial charge < -0.3 is 10.2 Å². The zero-order valence-electron chi connectivity index (χ0n) is 15.5. The maximum absolute atomic E-state index is 11.7. The van der Waals surface area contributed by atoms with E-state index in [9.17, 15) is 9.59 Å². The number of hydrogen-bond acceptors (Lipinski definition) is 5. The smallest absolute Gasteiger partial charge is 0.317 e. The molecule has 0 aromatic carbocycles. The Bertz CT molecular complexity index is 795. The topological polar surface area (TPSA) is 70.5 Å². The van der Waals surface area contributed by atoms with Crippen molar-refractivity contribution < 1.29 is 9.59 Å². The van der Waals surface area contributed by atoms with Gasteiger partial charge in [-0.1, -0.05) is 0 Å². The van der Waals surface area contributed by atoms with Crippen LogP contribution in [-0.2, 0) is 26.2 Å². The zero-order valence-corrected chi connectivity index (χ0v) is 16.3. The molecule has 0 spiro atoms. The maximum Gasteiger partial charge on any atom is 0.317 e. The van der Waals surface area contributed by atoms with Crippen molar-refractivity contribution >= 4 is 23.2 Å². The van der Waals surface area contributed by atoms with E-state index in [0.29, 0.717) is 6.54 Å². The summed E-state index contributed by atoms with van der Waals surface area (Å²) < 4.78 is 2.05. The van der Waals surface area contributed by atoms with Crippen LogP contribution >= 0.6 is 11.3 Å². The SMILES string of the molecule is CC(=O)c1cc(CN2CCCn3nc(CNC(=O)N(C)C)cc3C2)cs1. The molecule has 3 heterocycles. The van der Waals surface area contributed by atoms with Crippen molar-refractivity contribution in [3.63, 3.8) is 0 Å². The number of Topliss-reactive ketones (excluding diaryl/α,β-unsaturated/α-hetero) is 1. The molecule has 26 heavy (non-hydrogen) atoms. The first-order chi connectivity index (χ1) is 12.4. The number of urea groups is 1. The normalized spacial score (nSPS) is 14.6.